The van der Waals surface area contributed by atoms with Crippen LogP contribution in [0.2, 0.25) is 0 Å². The van der Waals surface area contributed by atoms with Gasteiger partial charge >= 0.3 is 6.03 Å². The van der Waals surface area contributed by atoms with E-state index in [1.807, 2.05) is 6.92 Å². The summed E-state index contributed by atoms with van der Waals surface area (Å²) < 4.78 is 32.2. The van der Waals surface area contributed by atoms with Crippen LogP contribution in [0.15, 0.2) is 29.2 Å². The highest BCUT2D eigenvalue weighted by Gasteiger charge is 2.29. The molecule has 2 amide bonds. The van der Waals surface area contributed by atoms with Crippen molar-refractivity contribution in [3.8, 4) is 0 Å². The topological polar surface area (TPSA) is 87.7 Å². The molecule has 2 aliphatic rings. The molecule has 0 aromatic heterocycles. The minimum absolute atomic E-state index is 0.108. The highest BCUT2D eigenvalue weighted by molar-refractivity contribution is 7.89. The molecule has 1 saturated heterocycles. The largest absolute Gasteiger partial charge is 0.376 e. The van der Waals surface area contributed by atoms with Gasteiger partial charge in [-0.25, -0.2) is 13.2 Å². The fourth-order valence-corrected chi connectivity index (χ4v) is 4.96. The number of hydrogen-bond acceptors (Lipinski definition) is 4. The van der Waals surface area contributed by atoms with Gasteiger partial charge in [-0.2, -0.15) is 4.31 Å². The molecule has 7 nitrogen and oxygen atoms in total. The van der Waals surface area contributed by atoms with Crippen molar-refractivity contribution >= 4 is 21.7 Å². The Morgan fingerprint density at radius 2 is 1.85 bits per heavy atom. The first-order chi connectivity index (χ1) is 12.4. The normalized spacial score (nSPS) is 22.7. The minimum Gasteiger partial charge on any atom is -0.376 e. The van der Waals surface area contributed by atoms with Gasteiger partial charge in [-0.05, 0) is 44.0 Å². The number of nitrogens with one attached hydrogen (secondary N) is 2. The number of urea groups is 1. The summed E-state index contributed by atoms with van der Waals surface area (Å²) in [4.78, 5) is 12.3. The summed E-state index contributed by atoms with van der Waals surface area (Å²) in [5.41, 5.74) is 0.576. The molecular weight excluding hydrogens is 354 g/mol. The van der Waals surface area contributed by atoms with Gasteiger partial charge in [0.05, 0.1) is 17.6 Å². The molecule has 1 heterocycles. The molecule has 1 aromatic carbocycles. The van der Waals surface area contributed by atoms with Crippen molar-refractivity contribution in [3.05, 3.63) is 24.3 Å². The lowest BCUT2D eigenvalue weighted by molar-refractivity contribution is 0.0102. The van der Waals surface area contributed by atoms with E-state index in [-0.39, 0.29) is 23.1 Å². The first-order valence-electron chi connectivity index (χ1n) is 9.24. The highest BCUT2D eigenvalue weighted by atomic mass is 32.2. The number of hydrogen-bond donors (Lipinski definition) is 2. The first kappa shape index (κ1) is 19.1. The first-order valence-corrected chi connectivity index (χ1v) is 10.7. The van der Waals surface area contributed by atoms with Crippen LogP contribution in [-0.4, -0.2) is 50.6 Å². The summed E-state index contributed by atoms with van der Waals surface area (Å²) in [6.45, 7) is 2.98. The molecule has 1 aliphatic heterocycles. The van der Waals surface area contributed by atoms with Gasteiger partial charge in [0, 0.05) is 24.8 Å². The van der Waals surface area contributed by atoms with Crippen LogP contribution >= 0.6 is 0 Å². The molecule has 0 bridgehead atoms. The molecule has 1 unspecified atom stereocenters. The van der Waals surface area contributed by atoms with Crippen LogP contribution < -0.4 is 10.6 Å². The second kappa shape index (κ2) is 8.37. The Morgan fingerprint density at radius 1 is 1.15 bits per heavy atom. The van der Waals surface area contributed by atoms with Gasteiger partial charge in [0.15, 0.2) is 0 Å². The molecule has 3 rings (SSSR count). The number of ether oxygens (including phenoxy) is 1. The molecule has 1 atom stereocenters. The summed E-state index contributed by atoms with van der Waals surface area (Å²) in [6.07, 6.45) is 5.46. The number of morpholine rings is 1. The average Bonchev–Trinajstić information content (AvgIpc) is 2.63. The number of rotatable bonds is 4. The van der Waals surface area contributed by atoms with E-state index in [4.69, 9.17) is 4.74 Å². The van der Waals surface area contributed by atoms with Crippen molar-refractivity contribution in [2.45, 2.75) is 56.1 Å². The van der Waals surface area contributed by atoms with Crippen molar-refractivity contribution in [2.24, 2.45) is 0 Å². The minimum atomic E-state index is -3.54. The van der Waals surface area contributed by atoms with E-state index in [0.717, 1.165) is 25.7 Å². The fourth-order valence-electron chi connectivity index (χ4n) is 3.46. The zero-order valence-electron chi connectivity index (χ0n) is 15.1. The molecule has 1 aliphatic carbocycles. The number of amides is 2. The van der Waals surface area contributed by atoms with E-state index < -0.39 is 10.0 Å². The third-order valence-corrected chi connectivity index (χ3v) is 6.77. The number of benzene rings is 1. The number of anilines is 1. The Hall–Kier alpha value is -1.64. The number of carbonyl (C=O) groups excluding carboxylic acids is 1. The Bertz CT molecular complexity index is 714. The zero-order chi connectivity index (χ0) is 18.6. The van der Waals surface area contributed by atoms with Crippen molar-refractivity contribution in [2.75, 3.05) is 25.0 Å². The lowest BCUT2D eigenvalue weighted by Gasteiger charge is -2.30. The number of sulfonamides is 1. The van der Waals surface area contributed by atoms with Gasteiger partial charge in [-0.3, -0.25) is 0 Å². The lowest BCUT2D eigenvalue weighted by atomic mass is 9.96. The van der Waals surface area contributed by atoms with Gasteiger partial charge in [0.25, 0.3) is 0 Å². The average molecular weight is 381 g/mol. The summed E-state index contributed by atoms with van der Waals surface area (Å²) in [6, 6.07) is 6.30. The Balaban J connectivity index is 1.59. The van der Waals surface area contributed by atoms with Gasteiger partial charge in [-0.1, -0.05) is 19.3 Å². The third-order valence-electron chi connectivity index (χ3n) is 4.89. The van der Waals surface area contributed by atoms with E-state index >= 15 is 0 Å². The van der Waals surface area contributed by atoms with Crippen LogP contribution in [0.4, 0.5) is 10.5 Å². The van der Waals surface area contributed by atoms with Gasteiger partial charge < -0.3 is 15.4 Å². The van der Waals surface area contributed by atoms with Crippen LogP contribution in [0.5, 0.6) is 0 Å². The summed E-state index contributed by atoms with van der Waals surface area (Å²) >= 11 is 0. The maximum Gasteiger partial charge on any atom is 0.319 e. The van der Waals surface area contributed by atoms with Gasteiger partial charge in [0.2, 0.25) is 10.0 Å². The zero-order valence-corrected chi connectivity index (χ0v) is 15.9. The van der Waals surface area contributed by atoms with Crippen molar-refractivity contribution < 1.29 is 17.9 Å². The van der Waals surface area contributed by atoms with Gasteiger partial charge in [0.1, 0.15) is 0 Å². The molecule has 8 heteroatoms. The Kier molecular flexibility index (Phi) is 6.16. The fraction of sp³-hybridized carbons (Fsp3) is 0.611. The SMILES string of the molecule is CC1CN(S(=O)(=O)c2ccc(NC(=O)NC3CCCCC3)cc2)CCO1. The van der Waals surface area contributed by atoms with Crippen LogP contribution in [0.1, 0.15) is 39.0 Å². The van der Waals surface area contributed by atoms with E-state index in [1.165, 1.54) is 22.9 Å². The maximum atomic E-state index is 12.7. The standard InChI is InChI=1S/C18H27N3O4S/c1-14-13-21(11-12-25-14)26(23,24)17-9-7-16(8-10-17)20-18(22)19-15-5-3-2-4-6-15/h7-10,14-15H,2-6,11-13H2,1H3,(H2,19,20,22). The molecule has 144 valence electrons. The molecule has 0 spiro atoms. The van der Waals surface area contributed by atoms with E-state index in [1.54, 1.807) is 12.1 Å². The van der Waals surface area contributed by atoms with Crippen molar-refractivity contribution in [1.29, 1.82) is 0 Å². The monoisotopic (exact) mass is 381 g/mol. The van der Waals surface area contributed by atoms with E-state index in [0.29, 0.717) is 25.4 Å². The highest BCUT2D eigenvalue weighted by Crippen LogP contribution is 2.21. The third kappa shape index (κ3) is 4.75. The summed E-state index contributed by atoms with van der Waals surface area (Å²) in [5.74, 6) is 0. The Morgan fingerprint density at radius 3 is 2.50 bits per heavy atom. The summed E-state index contributed by atoms with van der Waals surface area (Å²) in [5, 5.41) is 5.75. The smallest absolute Gasteiger partial charge is 0.319 e. The second-order valence-electron chi connectivity index (χ2n) is 7.00. The van der Waals surface area contributed by atoms with Crippen LogP contribution in [0.25, 0.3) is 0 Å². The number of carbonyl (C=O) groups is 1. The quantitative estimate of drug-likeness (QED) is 0.839. The Labute approximate surface area is 155 Å². The molecule has 26 heavy (non-hydrogen) atoms. The molecule has 1 saturated carbocycles. The molecule has 2 N–H and O–H groups in total. The predicted octanol–water partition coefficient (Wildman–Crippen LogP) is 2.55. The van der Waals surface area contributed by atoms with Gasteiger partial charge in [-0.15, -0.1) is 0 Å². The van der Waals surface area contributed by atoms with Crippen LogP contribution in [0.3, 0.4) is 0 Å². The summed E-state index contributed by atoms with van der Waals surface area (Å²) in [7, 11) is -3.54. The van der Waals surface area contributed by atoms with Crippen LogP contribution in [0, 0.1) is 0 Å². The maximum absolute atomic E-state index is 12.7. The number of nitrogens with zero attached hydrogens (tertiary/aromatic N) is 1. The molecule has 0 radical (unpaired) electrons. The van der Waals surface area contributed by atoms with E-state index in [9.17, 15) is 13.2 Å². The molecular formula is C18H27N3O4S. The van der Waals surface area contributed by atoms with Crippen molar-refractivity contribution in [3.63, 3.8) is 0 Å². The second-order valence-corrected chi connectivity index (χ2v) is 8.94. The molecule has 2 fully saturated rings. The van der Waals surface area contributed by atoms with Crippen LogP contribution in [-0.2, 0) is 14.8 Å². The molecule has 1 aromatic rings. The van der Waals surface area contributed by atoms with E-state index in [2.05, 4.69) is 10.6 Å². The lowest BCUT2D eigenvalue weighted by Crippen LogP contribution is -2.44. The predicted molar refractivity (Wildman–Crippen MR) is 99.6 cm³/mol. The van der Waals surface area contributed by atoms with Crippen molar-refractivity contribution in [1.82, 2.24) is 9.62 Å².